The lowest BCUT2D eigenvalue weighted by atomic mass is 10.2. The zero-order valence-corrected chi connectivity index (χ0v) is 15.0. The van der Waals surface area contributed by atoms with Gasteiger partial charge in [-0.15, -0.1) is 0 Å². The first-order chi connectivity index (χ1) is 12.0. The summed E-state index contributed by atoms with van der Waals surface area (Å²) in [5, 5.41) is 6.35. The lowest BCUT2D eigenvalue weighted by Crippen LogP contribution is -2.13. The lowest BCUT2D eigenvalue weighted by Gasteiger charge is -2.08. The molecule has 25 heavy (non-hydrogen) atoms. The Morgan fingerprint density at radius 3 is 2.68 bits per heavy atom. The van der Waals surface area contributed by atoms with E-state index in [4.69, 9.17) is 16.3 Å². The maximum Gasteiger partial charge on any atom is 0.261 e. The zero-order chi connectivity index (χ0) is 18.0. The third kappa shape index (κ3) is 3.89. The highest BCUT2D eigenvalue weighted by atomic mass is 35.5. The normalized spacial score (nSPS) is 10.5. The van der Waals surface area contributed by atoms with E-state index in [9.17, 15) is 9.59 Å². The highest BCUT2D eigenvalue weighted by Gasteiger charge is 2.15. The number of hydrogen-bond acceptors (Lipinski definition) is 5. The van der Waals surface area contributed by atoms with Crippen molar-refractivity contribution in [1.29, 1.82) is 0 Å². The fraction of sp³-hybridized carbons (Fsp3) is 0.118. The molecule has 0 saturated heterocycles. The summed E-state index contributed by atoms with van der Waals surface area (Å²) in [6.07, 6.45) is 0. The quantitative estimate of drug-likeness (QED) is 0.717. The van der Waals surface area contributed by atoms with Crippen molar-refractivity contribution in [3.63, 3.8) is 0 Å². The van der Waals surface area contributed by atoms with Crippen LogP contribution in [-0.4, -0.2) is 23.9 Å². The highest BCUT2D eigenvalue weighted by Crippen LogP contribution is 2.30. The first kappa shape index (κ1) is 17.2. The van der Waals surface area contributed by atoms with Crippen molar-refractivity contribution in [2.24, 2.45) is 0 Å². The van der Waals surface area contributed by atoms with Gasteiger partial charge in [-0.1, -0.05) is 22.9 Å². The van der Waals surface area contributed by atoms with Crippen molar-refractivity contribution < 1.29 is 14.3 Å². The van der Waals surface area contributed by atoms with Gasteiger partial charge in [-0.2, -0.15) is 0 Å². The summed E-state index contributed by atoms with van der Waals surface area (Å²) in [7, 11) is 1.49. The monoisotopic (exact) mass is 375 g/mol. The van der Waals surface area contributed by atoms with E-state index in [1.165, 1.54) is 31.4 Å². The Morgan fingerprint density at radius 2 is 1.96 bits per heavy atom. The number of carbonyl (C=O) groups excluding carboxylic acids is 2. The number of benzene rings is 2. The van der Waals surface area contributed by atoms with Gasteiger partial charge < -0.3 is 10.1 Å². The van der Waals surface area contributed by atoms with Crippen LogP contribution < -0.4 is 15.4 Å². The molecule has 0 bridgehead atoms. The fourth-order valence-electron chi connectivity index (χ4n) is 2.28. The predicted octanol–water partition coefficient (Wildman–Crippen LogP) is 4.17. The average molecular weight is 376 g/mol. The molecule has 0 aliphatic carbocycles. The summed E-state index contributed by atoms with van der Waals surface area (Å²) in [6, 6.07) is 10.2. The van der Waals surface area contributed by atoms with Gasteiger partial charge in [0.1, 0.15) is 5.75 Å². The van der Waals surface area contributed by atoms with Gasteiger partial charge in [-0.05, 0) is 36.4 Å². The molecule has 128 valence electrons. The minimum absolute atomic E-state index is 0.148. The minimum Gasteiger partial charge on any atom is -0.496 e. The molecule has 1 aromatic heterocycles. The number of carbonyl (C=O) groups is 2. The van der Waals surface area contributed by atoms with Crippen LogP contribution in [-0.2, 0) is 4.79 Å². The van der Waals surface area contributed by atoms with Crippen LogP contribution in [0.4, 0.5) is 10.8 Å². The number of anilines is 2. The molecule has 2 aromatic carbocycles. The van der Waals surface area contributed by atoms with Crippen LogP contribution in [0.3, 0.4) is 0 Å². The number of ether oxygens (including phenoxy) is 1. The molecule has 0 unspecified atom stereocenters. The Hall–Kier alpha value is -2.64. The molecule has 0 aliphatic heterocycles. The molecular weight excluding hydrogens is 362 g/mol. The molecule has 0 fully saturated rings. The summed E-state index contributed by atoms with van der Waals surface area (Å²) in [5.41, 5.74) is 1.73. The number of methoxy groups -OCH3 is 1. The highest BCUT2D eigenvalue weighted by molar-refractivity contribution is 7.22. The van der Waals surface area contributed by atoms with E-state index in [-0.39, 0.29) is 11.8 Å². The van der Waals surface area contributed by atoms with Crippen LogP contribution >= 0.6 is 22.9 Å². The molecular formula is C17H14ClN3O3S. The Labute approximate surface area is 152 Å². The Morgan fingerprint density at radius 1 is 1.16 bits per heavy atom. The molecule has 3 aromatic rings. The largest absolute Gasteiger partial charge is 0.496 e. The van der Waals surface area contributed by atoms with Gasteiger partial charge in [0.15, 0.2) is 5.13 Å². The van der Waals surface area contributed by atoms with Crippen molar-refractivity contribution >= 4 is 55.8 Å². The third-order valence-electron chi connectivity index (χ3n) is 3.34. The van der Waals surface area contributed by atoms with Gasteiger partial charge in [0, 0.05) is 17.6 Å². The van der Waals surface area contributed by atoms with Gasteiger partial charge in [0.25, 0.3) is 5.91 Å². The van der Waals surface area contributed by atoms with E-state index in [1.54, 1.807) is 24.3 Å². The molecule has 8 heteroatoms. The number of thiazole rings is 1. The zero-order valence-electron chi connectivity index (χ0n) is 13.4. The molecule has 3 rings (SSSR count). The Balaban J connectivity index is 1.86. The number of hydrogen-bond donors (Lipinski definition) is 2. The minimum atomic E-state index is -0.361. The van der Waals surface area contributed by atoms with Crippen LogP contribution in [0.5, 0.6) is 5.75 Å². The lowest BCUT2D eigenvalue weighted by molar-refractivity contribution is -0.114. The van der Waals surface area contributed by atoms with Crippen molar-refractivity contribution in [3.05, 3.63) is 47.0 Å². The summed E-state index contributed by atoms with van der Waals surface area (Å²) < 4.78 is 6.04. The number of nitrogens with zero attached hydrogens (tertiary/aromatic N) is 1. The van der Waals surface area contributed by atoms with E-state index in [1.807, 2.05) is 6.07 Å². The average Bonchev–Trinajstić information content (AvgIpc) is 2.95. The molecule has 6 nitrogen and oxygen atoms in total. The second-order valence-electron chi connectivity index (χ2n) is 5.18. The number of nitrogens with one attached hydrogen (secondary N) is 2. The Kier molecular flexibility index (Phi) is 4.87. The molecule has 2 N–H and O–H groups in total. The summed E-state index contributed by atoms with van der Waals surface area (Å²) in [4.78, 5) is 28.0. The standard InChI is InChI=1S/C17H14ClN3O3S/c1-9(22)19-11-4-5-13-15(8-11)25-17(20-13)21-16(23)12-7-10(18)3-6-14(12)24-2/h3-8H,1-2H3,(H,19,22)(H,20,21,23). The summed E-state index contributed by atoms with van der Waals surface area (Å²) >= 11 is 7.27. The maximum atomic E-state index is 12.5. The molecule has 0 spiro atoms. The van der Waals surface area contributed by atoms with Crippen LogP contribution in [0.1, 0.15) is 17.3 Å². The van der Waals surface area contributed by atoms with Crippen molar-refractivity contribution in [1.82, 2.24) is 4.98 Å². The van der Waals surface area contributed by atoms with E-state index in [0.29, 0.717) is 27.2 Å². The van der Waals surface area contributed by atoms with Crippen LogP contribution in [0.25, 0.3) is 10.2 Å². The molecule has 2 amide bonds. The van der Waals surface area contributed by atoms with Crippen LogP contribution in [0, 0.1) is 0 Å². The first-order valence-corrected chi connectivity index (χ1v) is 8.49. The molecule has 0 aliphatic rings. The van der Waals surface area contributed by atoms with E-state index in [2.05, 4.69) is 15.6 Å². The second-order valence-corrected chi connectivity index (χ2v) is 6.65. The Bertz CT molecular complexity index is 971. The smallest absolute Gasteiger partial charge is 0.261 e. The topological polar surface area (TPSA) is 80.3 Å². The first-order valence-electron chi connectivity index (χ1n) is 7.29. The number of fused-ring (bicyclic) bond motifs is 1. The van der Waals surface area contributed by atoms with Gasteiger partial charge in [-0.25, -0.2) is 4.98 Å². The molecule has 0 saturated carbocycles. The molecule has 1 heterocycles. The summed E-state index contributed by atoms with van der Waals surface area (Å²) in [5.74, 6) is -0.0816. The number of amides is 2. The van der Waals surface area contributed by atoms with Crippen molar-refractivity contribution in [3.8, 4) is 5.75 Å². The number of rotatable bonds is 4. The van der Waals surface area contributed by atoms with E-state index >= 15 is 0 Å². The van der Waals surface area contributed by atoms with Gasteiger partial charge in [0.2, 0.25) is 5.91 Å². The van der Waals surface area contributed by atoms with Crippen molar-refractivity contribution in [2.75, 3.05) is 17.7 Å². The van der Waals surface area contributed by atoms with Gasteiger partial charge in [0.05, 0.1) is 22.9 Å². The van der Waals surface area contributed by atoms with E-state index in [0.717, 1.165) is 10.2 Å². The second kappa shape index (κ2) is 7.08. The predicted molar refractivity (Wildman–Crippen MR) is 99.9 cm³/mol. The van der Waals surface area contributed by atoms with Crippen LogP contribution in [0.2, 0.25) is 5.02 Å². The van der Waals surface area contributed by atoms with Gasteiger partial charge >= 0.3 is 0 Å². The SMILES string of the molecule is COc1ccc(Cl)cc1C(=O)Nc1nc2ccc(NC(C)=O)cc2s1. The van der Waals surface area contributed by atoms with Crippen LogP contribution in [0.15, 0.2) is 36.4 Å². The summed E-state index contributed by atoms with van der Waals surface area (Å²) in [6.45, 7) is 1.45. The number of aromatic nitrogens is 1. The van der Waals surface area contributed by atoms with Gasteiger partial charge in [-0.3, -0.25) is 14.9 Å². The van der Waals surface area contributed by atoms with E-state index < -0.39 is 0 Å². The third-order valence-corrected chi connectivity index (χ3v) is 4.50. The fourth-order valence-corrected chi connectivity index (χ4v) is 3.35. The number of halogens is 1. The maximum absolute atomic E-state index is 12.5. The molecule has 0 radical (unpaired) electrons. The molecule has 0 atom stereocenters. The van der Waals surface area contributed by atoms with Crippen molar-refractivity contribution in [2.45, 2.75) is 6.92 Å².